The summed E-state index contributed by atoms with van der Waals surface area (Å²) in [5.74, 6) is 0.658. The summed E-state index contributed by atoms with van der Waals surface area (Å²) in [5, 5.41) is 7.06. The van der Waals surface area contributed by atoms with Crippen LogP contribution in [-0.2, 0) is 0 Å². The molecule has 0 N–H and O–H groups in total. The smallest absolute Gasteiger partial charge is 0.160 e. The van der Waals surface area contributed by atoms with Crippen LogP contribution in [0, 0.1) is 0 Å². The van der Waals surface area contributed by atoms with Gasteiger partial charge in [-0.1, -0.05) is 146 Å². The third-order valence-corrected chi connectivity index (χ3v) is 10.3. The SMILES string of the molecule is c1ccc(-c2c3ccccc3c(-c3cccc(-c4cc(-c5cncc6ccccc56)nc(-c5ccc(-c6ccncc6)cc5)n4)c3)c3ccccc23)cc1. The fraction of sp³-hybridized carbons (Fsp3) is 0. The molecule has 0 radical (unpaired) electrons. The lowest BCUT2D eigenvalue weighted by molar-refractivity contribution is 1.18. The summed E-state index contributed by atoms with van der Waals surface area (Å²) in [6.45, 7) is 0. The maximum Gasteiger partial charge on any atom is 0.160 e. The minimum Gasteiger partial charge on any atom is -0.265 e. The van der Waals surface area contributed by atoms with Crippen molar-refractivity contribution < 1.29 is 0 Å². The molecule has 0 unspecified atom stereocenters. The van der Waals surface area contributed by atoms with Crippen LogP contribution in [0.4, 0.5) is 0 Å². The maximum absolute atomic E-state index is 5.25. The van der Waals surface area contributed by atoms with Crippen molar-refractivity contribution in [1.29, 1.82) is 0 Å². The Morgan fingerprint density at radius 1 is 0.315 bits per heavy atom. The Bertz CT molecular complexity index is 2910. The number of benzene rings is 7. The van der Waals surface area contributed by atoms with E-state index >= 15 is 0 Å². The number of hydrogen-bond acceptors (Lipinski definition) is 4. The van der Waals surface area contributed by atoms with Crippen LogP contribution in [0.5, 0.6) is 0 Å². The number of rotatable bonds is 6. The van der Waals surface area contributed by atoms with Gasteiger partial charge in [-0.15, -0.1) is 0 Å². The molecular weight excluding hydrogens is 657 g/mol. The van der Waals surface area contributed by atoms with Gasteiger partial charge in [0, 0.05) is 46.9 Å². The predicted molar refractivity (Wildman–Crippen MR) is 223 cm³/mol. The molecule has 0 atom stereocenters. The van der Waals surface area contributed by atoms with Gasteiger partial charge < -0.3 is 0 Å². The average molecular weight is 689 g/mol. The number of pyridine rings is 2. The molecule has 3 aromatic heterocycles. The quantitative estimate of drug-likeness (QED) is 0.163. The molecule has 0 saturated heterocycles. The minimum atomic E-state index is 0.658. The summed E-state index contributed by atoms with van der Waals surface area (Å²) < 4.78 is 0. The highest BCUT2D eigenvalue weighted by Crippen LogP contribution is 2.44. The summed E-state index contributed by atoms with van der Waals surface area (Å²) in [6.07, 6.45) is 7.45. The van der Waals surface area contributed by atoms with E-state index in [1.54, 1.807) is 0 Å². The van der Waals surface area contributed by atoms with Gasteiger partial charge in [0.1, 0.15) is 0 Å². The normalized spacial score (nSPS) is 11.3. The highest BCUT2D eigenvalue weighted by Gasteiger charge is 2.18. The van der Waals surface area contributed by atoms with E-state index in [9.17, 15) is 0 Å². The molecule has 0 aliphatic carbocycles. The molecule has 10 rings (SSSR count). The first-order valence-electron chi connectivity index (χ1n) is 18.1. The van der Waals surface area contributed by atoms with Crippen molar-refractivity contribution >= 4 is 32.3 Å². The lowest BCUT2D eigenvalue weighted by Gasteiger charge is -2.18. The molecule has 0 saturated carbocycles. The van der Waals surface area contributed by atoms with E-state index < -0.39 is 0 Å². The second-order valence-corrected chi connectivity index (χ2v) is 13.5. The first-order chi connectivity index (χ1) is 26.8. The summed E-state index contributed by atoms with van der Waals surface area (Å²) >= 11 is 0. The number of fused-ring (bicyclic) bond motifs is 3. The standard InChI is InChI=1S/C50H32N4/c1-2-11-35(12-3-1)48-41-17-6-8-19-43(41)49(44-20-9-7-18-42(44)48)38-15-10-14-37(29-38)46-30-47(45-32-52-31-39-13-4-5-16-40(39)45)54-50(53-46)36-23-21-33(22-24-36)34-25-27-51-28-26-34/h1-32H. The molecule has 0 fully saturated rings. The van der Waals surface area contributed by atoms with Crippen LogP contribution < -0.4 is 0 Å². The fourth-order valence-corrected chi connectivity index (χ4v) is 7.73. The van der Waals surface area contributed by atoms with Crippen molar-refractivity contribution in [2.45, 2.75) is 0 Å². The van der Waals surface area contributed by atoms with Crippen molar-refractivity contribution in [3.63, 3.8) is 0 Å². The Hall–Kier alpha value is -7.30. The third-order valence-electron chi connectivity index (χ3n) is 10.3. The lowest BCUT2D eigenvalue weighted by Crippen LogP contribution is -1.97. The van der Waals surface area contributed by atoms with Crippen LogP contribution in [0.2, 0.25) is 0 Å². The van der Waals surface area contributed by atoms with Crippen LogP contribution in [0.1, 0.15) is 0 Å². The van der Waals surface area contributed by atoms with Gasteiger partial charge in [-0.2, -0.15) is 0 Å². The van der Waals surface area contributed by atoms with E-state index in [0.717, 1.165) is 55.5 Å². The van der Waals surface area contributed by atoms with Gasteiger partial charge in [0.15, 0.2) is 5.82 Å². The summed E-state index contributed by atoms with van der Waals surface area (Å²) in [6, 6.07) is 60.0. The van der Waals surface area contributed by atoms with E-state index in [2.05, 4.69) is 162 Å². The van der Waals surface area contributed by atoms with Crippen LogP contribution in [0.15, 0.2) is 195 Å². The van der Waals surface area contributed by atoms with Crippen molar-refractivity contribution in [2.24, 2.45) is 0 Å². The van der Waals surface area contributed by atoms with E-state index in [1.807, 2.05) is 43.0 Å². The van der Waals surface area contributed by atoms with Crippen LogP contribution in [0.25, 0.3) is 99.6 Å². The Kier molecular flexibility index (Phi) is 7.77. The zero-order valence-corrected chi connectivity index (χ0v) is 29.3. The highest BCUT2D eigenvalue weighted by atomic mass is 14.9. The number of aromatic nitrogens is 4. The number of nitrogens with zero attached hydrogens (tertiary/aromatic N) is 4. The predicted octanol–water partition coefficient (Wildman–Crippen LogP) is 12.7. The molecule has 54 heavy (non-hydrogen) atoms. The van der Waals surface area contributed by atoms with E-state index in [-0.39, 0.29) is 0 Å². The summed E-state index contributed by atoms with van der Waals surface area (Å²) in [7, 11) is 0. The summed E-state index contributed by atoms with van der Waals surface area (Å²) in [5.41, 5.74) is 11.6. The molecule has 0 spiro atoms. The second-order valence-electron chi connectivity index (χ2n) is 13.5. The minimum absolute atomic E-state index is 0.658. The Morgan fingerprint density at radius 2 is 0.852 bits per heavy atom. The molecule has 0 amide bonds. The van der Waals surface area contributed by atoms with Crippen molar-refractivity contribution in [2.75, 3.05) is 0 Å². The zero-order valence-electron chi connectivity index (χ0n) is 29.3. The molecule has 4 heteroatoms. The molecule has 10 aromatic rings. The van der Waals surface area contributed by atoms with Gasteiger partial charge in [-0.3, -0.25) is 9.97 Å². The summed E-state index contributed by atoms with van der Waals surface area (Å²) in [4.78, 5) is 19.2. The lowest BCUT2D eigenvalue weighted by atomic mass is 9.85. The molecule has 0 bridgehead atoms. The van der Waals surface area contributed by atoms with Gasteiger partial charge in [0.2, 0.25) is 0 Å². The maximum atomic E-state index is 5.25. The van der Waals surface area contributed by atoms with Gasteiger partial charge >= 0.3 is 0 Å². The van der Waals surface area contributed by atoms with Gasteiger partial charge in [-0.25, -0.2) is 9.97 Å². The van der Waals surface area contributed by atoms with Crippen LogP contribution in [0.3, 0.4) is 0 Å². The Labute approximate surface area is 313 Å². The third kappa shape index (κ3) is 5.58. The molecular formula is C50H32N4. The van der Waals surface area contributed by atoms with Gasteiger partial charge in [0.25, 0.3) is 0 Å². The molecule has 3 heterocycles. The Balaban J connectivity index is 1.17. The van der Waals surface area contributed by atoms with Crippen molar-refractivity contribution in [3.05, 3.63) is 195 Å². The fourth-order valence-electron chi connectivity index (χ4n) is 7.73. The topological polar surface area (TPSA) is 51.6 Å². The average Bonchev–Trinajstić information content (AvgIpc) is 3.26. The largest absolute Gasteiger partial charge is 0.265 e. The monoisotopic (exact) mass is 688 g/mol. The Morgan fingerprint density at radius 3 is 1.56 bits per heavy atom. The van der Waals surface area contributed by atoms with E-state index in [0.29, 0.717) is 5.82 Å². The first kappa shape index (κ1) is 31.4. The second kappa shape index (κ2) is 13.4. The molecule has 0 aliphatic rings. The van der Waals surface area contributed by atoms with Crippen molar-refractivity contribution in [1.82, 2.24) is 19.9 Å². The molecule has 252 valence electrons. The number of hydrogen-bond donors (Lipinski definition) is 0. The van der Waals surface area contributed by atoms with Crippen LogP contribution in [-0.4, -0.2) is 19.9 Å². The van der Waals surface area contributed by atoms with Crippen molar-refractivity contribution in [3.8, 4) is 67.3 Å². The first-order valence-corrected chi connectivity index (χ1v) is 18.1. The molecule has 7 aromatic carbocycles. The zero-order chi connectivity index (χ0) is 35.8. The molecule has 0 aliphatic heterocycles. The molecule has 4 nitrogen and oxygen atoms in total. The van der Waals surface area contributed by atoms with E-state index in [1.165, 1.54) is 38.2 Å². The highest BCUT2D eigenvalue weighted by molar-refractivity contribution is 6.21. The van der Waals surface area contributed by atoms with E-state index in [4.69, 9.17) is 9.97 Å². The van der Waals surface area contributed by atoms with Crippen LogP contribution >= 0.6 is 0 Å². The van der Waals surface area contributed by atoms with Gasteiger partial charge in [-0.05, 0) is 84.6 Å². The van der Waals surface area contributed by atoms with Gasteiger partial charge in [0.05, 0.1) is 11.4 Å².